The summed E-state index contributed by atoms with van der Waals surface area (Å²) in [7, 11) is 0. The average molecular weight is 515 g/mol. The quantitative estimate of drug-likeness (QED) is 0.228. The third kappa shape index (κ3) is 3.59. The third-order valence-corrected chi connectivity index (χ3v) is 7.83. The van der Waals surface area contributed by atoms with E-state index >= 15 is 0 Å². The van der Waals surface area contributed by atoms with Crippen LogP contribution >= 0.6 is 0 Å². The molecule has 2 heterocycles. The fourth-order valence-corrected chi connectivity index (χ4v) is 6.02. The van der Waals surface area contributed by atoms with Crippen LogP contribution in [0, 0.1) is 0 Å². The number of hydrogen-bond acceptors (Lipinski definition) is 2. The Kier molecular flexibility index (Phi) is 5.20. The second-order valence-corrected chi connectivity index (χ2v) is 10.2. The number of benzene rings is 6. The van der Waals surface area contributed by atoms with E-state index in [-0.39, 0.29) is 0 Å². The van der Waals surface area contributed by atoms with Crippen molar-refractivity contribution in [3.05, 3.63) is 151 Å². The molecule has 3 heteroatoms. The maximum Gasteiger partial charge on any atom is 0.159 e. The predicted molar refractivity (Wildman–Crippen MR) is 167 cm³/mol. The molecule has 8 rings (SSSR count). The van der Waals surface area contributed by atoms with Gasteiger partial charge in [-0.1, -0.05) is 91.0 Å². The standard InChI is InChI=1S/C37H26N2O/c1-3-12-27(13-4-1)38(35-20-11-18-31-30-17-8-10-21-36(30)40-37(31)35)25-26-22-23-34-32(24-26)29-16-7-9-19-33(29)39(34)28-14-5-2-6-15-28/h1-24H,25H2. The molecular formula is C37H26N2O. The van der Waals surface area contributed by atoms with Crippen molar-refractivity contribution in [1.82, 2.24) is 4.57 Å². The molecule has 2 aromatic heterocycles. The molecule has 0 aliphatic rings. The largest absolute Gasteiger partial charge is 0.454 e. The van der Waals surface area contributed by atoms with Gasteiger partial charge in [-0.3, -0.25) is 0 Å². The molecular weight excluding hydrogens is 488 g/mol. The van der Waals surface area contributed by atoms with Crippen molar-refractivity contribution < 1.29 is 4.42 Å². The van der Waals surface area contributed by atoms with Gasteiger partial charge in [-0.2, -0.15) is 0 Å². The molecule has 0 aliphatic carbocycles. The molecule has 3 nitrogen and oxygen atoms in total. The van der Waals surface area contributed by atoms with Gasteiger partial charge < -0.3 is 13.9 Å². The molecule has 0 saturated carbocycles. The molecule has 6 aromatic carbocycles. The monoisotopic (exact) mass is 514 g/mol. The zero-order valence-corrected chi connectivity index (χ0v) is 21.9. The number of para-hydroxylation sites is 5. The van der Waals surface area contributed by atoms with Gasteiger partial charge in [0.05, 0.1) is 16.7 Å². The van der Waals surface area contributed by atoms with Crippen molar-refractivity contribution in [3.63, 3.8) is 0 Å². The molecule has 0 aliphatic heterocycles. The average Bonchev–Trinajstić information content (AvgIpc) is 3.57. The Labute approximate surface area is 232 Å². The molecule has 0 fully saturated rings. The van der Waals surface area contributed by atoms with Crippen molar-refractivity contribution in [3.8, 4) is 5.69 Å². The van der Waals surface area contributed by atoms with Gasteiger partial charge in [-0.15, -0.1) is 0 Å². The molecule has 0 spiro atoms. The van der Waals surface area contributed by atoms with Crippen LogP contribution in [0.4, 0.5) is 11.4 Å². The highest BCUT2D eigenvalue weighted by Gasteiger charge is 2.19. The van der Waals surface area contributed by atoms with Gasteiger partial charge in [0.15, 0.2) is 5.58 Å². The molecule has 0 bridgehead atoms. The summed E-state index contributed by atoms with van der Waals surface area (Å²) in [6.07, 6.45) is 0. The van der Waals surface area contributed by atoms with Crippen molar-refractivity contribution in [2.24, 2.45) is 0 Å². The molecule has 8 aromatic rings. The SMILES string of the molecule is c1ccc(N(Cc2ccc3c(c2)c2ccccc2n3-c2ccccc2)c2cccc3c2oc2ccccc23)cc1. The summed E-state index contributed by atoms with van der Waals surface area (Å²) in [4.78, 5) is 2.36. The molecule has 190 valence electrons. The van der Waals surface area contributed by atoms with E-state index in [1.165, 1.54) is 33.1 Å². The van der Waals surface area contributed by atoms with Crippen LogP contribution in [0.1, 0.15) is 5.56 Å². The van der Waals surface area contributed by atoms with Crippen molar-refractivity contribution in [1.29, 1.82) is 0 Å². The lowest BCUT2D eigenvalue weighted by atomic mass is 10.1. The van der Waals surface area contributed by atoms with Crippen molar-refractivity contribution in [2.75, 3.05) is 4.90 Å². The smallest absolute Gasteiger partial charge is 0.159 e. The number of aromatic nitrogens is 1. The number of furan rings is 1. The van der Waals surface area contributed by atoms with E-state index in [4.69, 9.17) is 4.42 Å². The first-order chi connectivity index (χ1) is 19.8. The van der Waals surface area contributed by atoms with Gasteiger partial charge in [0.25, 0.3) is 0 Å². The van der Waals surface area contributed by atoms with Crippen LogP contribution in [-0.4, -0.2) is 4.57 Å². The van der Waals surface area contributed by atoms with Crippen LogP contribution in [0.15, 0.2) is 150 Å². The Balaban J connectivity index is 1.31. The lowest BCUT2D eigenvalue weighted by Crippen LogP contribution is -2.16. The van der Waals surface area contributed by atoms with Crippen molar-refractivity contribution >= 4 is 55.1 Å². The Morgan fingerprint density at radius 1 is 0.525 bits per heavy atom. The van der Waals surface area contributed by atoms with Crippen LogP contribution in [0.25, 0.3) is 49.4 Å². The highest BCUT2D eigenvalue weighted by molar-refractivity contribution is 6.10. The van der Waals surface area contributed by atoms with E-state index in [1.54, 1.807) is 0 Å². The van der Waals surface area contributed by atoms with Gasteiger partial charge in [0.1, 0.15) is 5.58 Å². The van der Waals surface area contributed by atoms with E-state index in [0.29, 0.717) is 6.54 Å². The van der Waals surface area contributed by atoms with Gasteiger partial charge in [-0.05, 0) is 60.2 Å². The second kappa shape index (κ2) is 9.18. The minimum atomic E-state index is 0.709. The third-order valence-electron chi connectivity index (χ3n) is 7.83. The molecule has 0 atom stereocenters. The highest BCUT2D eigenvalue weighted by atomic mass is 16.3. The van der Waals surface area contributed by atoms with Crippen LogP contribution < -0.4 is 4.90 Å². The maximum absolute atomic E-state index is 6.46. The second-order valence-electron chi connectivity index (χ2n) is 10.2. The van der Waals surface area contributed by atoms with Crippen LogP contribution in [0.5, 0.6) is 0 Å². The number of rotatable bonds is 5. The number of fused-ring (bicyclic) bond motifs is 6. The number of nitrogens with zero attached hydrogens (tertiary/aromatic N) is 2. The van der Waals surface area contributed by atoms with Crippen LogP contribution in [0.3, 0.4) is 0 Å². The summed E-state index contributed by atoms with van der Waals surface area (Å²) in [6.45, 7) is 0.709. The fourth-order valence-electron chi connectivity index (χ4n) is 6.02. The van der Waals surface area contributed by atoms with E-state index in [1.807, 2.05) is 12.1 Å². The van der Waals surface area contributed by atoms with Gasteiger partial charge in [-0.25, -0.2) is 0 Å². The number of anilines is 2. The summed E-state index contributed by atoms with van der Waals surface area (Å²) >= 11 is 0. The van der Waals surface area contributed by atoms with Gasteiger partial charge >= 0.3 is 0 Å². The Morgan fingerprint density at radius 2 is 1.20 bits per heavy atom. The predicted octanol–water partition coefficient (Wildman–Crippen LogP) is 10.0. The molecule has 0 unspecified atom stereocenters. The minimum Gasteiger partial charge on any atom is -0.454 e. The fraction of sp³-hybridized carbons (Fsp3) is 0.0270. The van der Waals surface area contributed by atoms with E-state index in [0.717, 1.165) is 33.3 Å². The minimum absolute atomic E-state index is 0.709. The van der Waals surface area contributed by atoms with Crippen LogP contribution in [-0.2, 0) is 6.54 Å². The maximum atomic E-state index is 6.46. The molecule has 0 amide bonds. The zero-order valence-electron chi connectivity index (χ0n) is 21.9. The Bertz CT molecular complexity index is 2140. The first-order valence-corrected chi connectivity index (χ1v) is 13.7. The Morgan fingerprint density at radius 3 is 2.05 bits per heavy atom. The summed E-state index contributed by atoms with van der Waals surface area (Å²) in [5.41, 5.74) is 8.84. The summed E-state index contributed by atoms with van der Waals surface area (Å²) in [5.74, 6) is 0. The van der Waals surface area contributed by atoms with Gasteiger partial charge in [0, 0.05) is 39.5 Å². The van der Waals surface area contributed by atoms with E-state index < -0.39 is 0 Å². The first-order valence-electron chi connectivity index (χ1n) is 13.7. The molecule has 40 heavy (non-hydrogen) atoms. The molecule has 0 saturated heterocycles. The summed E-state index contributed by atoms with van der Waals surface area (Å²) in [5, 5.41) is 4.79. The first kappa shape index (κ1) is 22.7. The Hall–Kier alpha value is -5.28. The van der Waals surface area contributed by atoms with Crippen LogP contribution in [0.2, 0.25) is 0 Å². The summed E-state index contributed by atoms with van der Waals surface area (Å²) in [6, 6.07) is 51.5. The lowest BCUT2D eigenvalue weighted by Gasteiger charge is -2.25. The number of hydrogen-bond donors (Lipinski definition) is 0. The zero-order chi connectivity index (χ0) is 26.5. The highest BCUT2D eigenvalue weighted by Crippen LogP contribution is 2.39. The lowest BCUT2D eigenvalue weighted by molar-refractivity contribution is 0.667. The molecule has 0 radical (unpaired) electrons. The van der Waals surface area contributed by atoms with Crippen molar-refractivity contribution in [2.45, 2.75) is 6.54 Å². The summed E-state index contributed by atoms with van der Waals surface area (Å²) < 4.78 is 8.82. The normalized spacial score (nSPS) is 11.6. The van der Waals surface area contributed by atoms with E-state index in [2.05, 4.69) is 143 Å². The van der Waals surface area contributed by atoms with Gasteiger partial charge in [0.2, 0.25) is 0 Å². The molecule has 0 N–H and O–H groups in total. The topological polar surface area (TPSA) is 21.3 Å². The van der Waals surface area contributed by atoms with E-state index in [9.17, 15) is 0 Å².